The van der Waals surface area contributed by atoms with Gasteiger partial charge in [-0.15, -0.1) is 0 Å². The summed E-state index contributed by atoms with van der Waals surface area (Å²) in [4.78, 5) is 26.9. The summed E-state index contributed by atoms with van der Waals surface area (Å²) in [5, 5.41) is 19.3. The Bertz CT molecular complexity index is 1380. The van der Waals surface area contributed by atoms with Crippen molar-refractivity contribution in [2.75, 3.05) is 11.4 Å². The third-order valence-electron chi connectivity index (χ3n) is 7.21. The number of nitrogens with zero attached hydrogens (tertiary/aromatic N) is 6. The Labute approximate surface area is 206 Å². The maximum Gasteiger partial charge on any atom is 0.416 e. The highest BCUT2D eigenvalue weighted by molar-refractivity contribution is 5.89. The van der Waals surface area contributed by atoms with Crippen LogP contribution in [0.5, 0.6) is 0 Å². The van der Waals surface area contributed by atoms with Crippen molar-refractivity contribution in [1.82, 2.24) is 19.5 Å². The van der Waals surface area contributed by atoms with Gasteiger partial charge in [-0.1, -0.05) is 6.92 Å². The third-order valence-corrected chi connectivity index (χ3v) is 7.21. The number of aliphatic hydroxyl groups is 1. The molecule has 11 heteroatoms. The first-order valence-electron chi connectivity index (χ1n) is 11.7. The summed E-state index contributed by atoms with van der Waals surface area (Å²) in [7, 11) is 0. The number of benzene rings is 1. The number of alkyl halides is 1. The minimum atomic E-state index is -1.17. The first-order valence-corrected chi connectivity index (χ1v) is 11.7. The number of hydrogen-bond donors (Lipinski definition) is 1. The highest BCUT2D eigenvalue weighted by Gasteiger charge is 2.55. The predicted octanol–water partition coefficient (Wildman–Crippen LogP) is 3.99. The highest BCUT2D eigenvalue weighted by Crippen LogP contribution is 2.49. The molecule has 0 radical (unpaired) electrons. The van der Waals surface area contributed by atoms with Crippen molar-refractivity contribution in [3.05, 3.63) is 47.9 Å². The van der Waals surface area contributed by atoms with Crippen LogP contribution in [0.3, 0.4) is 0 Å². The number of carbonyl (C=O) groups is 1. The molecule has 0 unspecified atom stereocenters. The Morgan fingerprint density at radius 1 is 1.31 bits per heavy atom. The van der Waals surface area contributed by atoms with E-state index in [-0.39, 0.29) is 31.5 Å². The Hall–Kier alpha value is -3.65. The number of fused-ring (bicyclic) bond motifs is 1. The Balaban J connectivity index is 1.40. The lowest BCUT2D eigenvalue weighted by atomic mass is 9.67. The Kier molecular flexibility index (Phi) is 5.48. The van der Waals surface area contributed by atoms with E-state index in [1.165, 1.54) is 35.8 Å². The molecular weight excluding hydrogens is 470 g/mol. The second-order valence-electron chi connectivity index (χ2n) is 10.6. The van der Waals surface area contributed by atoms with E-state index in [0.29, 0.717) is 29.0 Å². The molecule has 1 saturated heterocycles. The summed E-state index contributed by atoms with van der Waals surface area (Å²) >= 11 is 0. The van der Waals surface area contributed by atoms with Gasteiger partial charge in [-0.25, -0.2) is 23.5 Å². The van der Waals surface area contributed by atoms with Crippen molar-refractivity contribution >= 4 is 22.9 Å². The second-order valence-corrected chi connectivity index (χ2v) is 10.6. The van der Waals surface area contributed by atoms with Gasteiger partial charge in [-0.2, -0.15) is 5.26 Å². The molecular formula is C25H26F2N6O3. The molecule has 36 heavy (non-hydrogen) atoms. The number of imidazole rings is 1. The molecule has 0 bridgehead atoms. The molecule has 1 saturated carbocycles. The summed E-state index contributed by atoms with van der Waals surface area (Å²) < 4.78 is 37.0. The van der Waals surface area contributed by atoms with Gasteiger partial charge in [-0.3, -0.25) is 9.88 Å². The molecule has 5 rings (SSSR count). The number of nitriles is 1. The molecule has 1 aliphatic heterocycles. The molecule has 1 N–H and O–H groups in total. The predicted molar refractivity (Wildman–Crippen MR) is 125 cm³/mol. The quantitative estimate of drug-likeness (QED) is 0.580. The van der Waals surface area contributed by atoms with Crippen LogP contribution >= 0.6 is 0 Å². The third kappa shape index (κ3) is 4.05. The zero-order valence-corrected chi connectivity index (χ0v) is 20.2. The molecule has 2 aliphatic rings. The van der Waals surface area contributed by atoms with Crippen LogP contribution in [0.15, 0.2) is 30.9 Å². The van der Waals surface area contributed by atoms with E-state index in [2.05, 4.69) is 15.0 Å². The van der Waals surface area contributed by atoms with E-state index in [4.69, 9.17) is 4.74 Å². The van der Waals surface area contributed by atoms with E-state index in [9.17, 15) is 19.6 Å². The van der Waals surface area contributed by atoms with Crippen molar-refractivity contribution in [2.24, 2.45) is 5.41 Å². The number of halogens is 2. The second kappa shape index (κ2) is 8.20. The smallest absolute Gasteiger partial charge is 0.416 e. The lowest BCUT2D eigenvalue weighted by Gasteiger charge is -2.45. The topological polar surface area (TPSA) is 117 Å². The first-order chi connectivity index (χ1) is 16.9. The molecule has 2 fully saturated rings. The van der Waals surface area contributed by atoms with Crippen LogP contribution in [0.2, 0.25) is 0 Å². The van der Waals surface area contributed by atoms with Crippen molar-refractivity contribution in [2.45, 2.75) is 64.0 Å². The first kappa shape index (κ1) is 24.1. The fraction of sp³-hybridized carbons (Fsp3) is 0.480. The molecule has 1 aromatic carbocycles. The lowest BCUT2D eigenvalue weighted by molar-refractivity contribution is -0.0663. The average molecular weight is 497 g/mol. The number of hydrogen-bond acceptors (Lipinski definition) is 7. The van der Waals surface area contributed by atoms with Gasteiger partial charge < -0.3 is 14.4 Å². The minimum Gasteiger partial charge on any atom is -0.441 e. The fourth-order valence-electron chi connectivity index (χ4n) is 5.31. The number of rotatable bonds is 4. The van der Waals surface area contributed by atoms with Crippen LogP contribution in [0, 0.1) is 22.6 Å². The standard InChI is InChI=1S/C25H26F2N6O3/c1-23(2,35)20-9-30-21(10-29-20)33-13-25(36-22(33)34)5-4-19(27)24(3,11-25)12-32-14-31-17-7-16(26)15(8-28)6-18(17)32/h6-7,9-10,14,19,35H,4-5,11-13H2,1-3H3/t19-,24+,25+/m1/s1. The van der Waals surface area contributed by atoms with Crippen LogP contribution in [0.25, 0.3) is 11.0 Å². The van der Waals surface area contributed by atoms with Gasteiger partial charge in [0.2, 0.25) is 0 Å². The molecule has 3 atom stereocenters. The molecule has 1 amide bonds. The van der Waals surface area contributed by atoms with E-state index in [1.54, 1.807) is 25.3 Å². The van der Waals surface area contributed by atoms with Crippen molar-refractivity contribution in [3.63, 3.8) is 0 Å². The van der Waals surface area contributed by atoms with Crippen LogP contribution in [-0.4, -0.2) is 49.0 Å². The number of anilines is 1. The number of ether oxygens (including phenoxy) is 1. The van der Waals surface area contributed by atoms with Gasteiger partial charge in [0.05, 0.1) is 47.6 Å². The van der Waals surface area contributed by atoms with Crippen LogP contribution < -0.4 is 4.90 Å². The lowest BCUT2D eigenvalue weighted by Crippen LogP contribution is -2.50. The summed E-state index contributed by atoms with van der Waals surface area (Å²) in [6.07, 6.45) is 3.40. The summed E-state index contributed by atoms with van der Waals surface area (Å²) in [6, 6.07) is 4.44. The number of carbonyl (C=O) groups excluding carboxylic acids is 1. The van der Waals surface area contributed by atoms with Gasteiger partial charge >= 0.3 is 6.09 Å². The van der Waals surface area contributed by atoms with Crippen LogP contribution in [-0.2, 0) is 16.9 Å². The number of aromatic nitrogens is 4. The van der Waals surface area contributed by atoms with E-state index in [0.717, 1.165) is 0 Å². The zero-order chi connectivity index (χ0) is 25.9. The largest absolute Gasteiger partial charge is 0.441 e. The summed E-state index contributed by atoms with van der Waals surface area (Å²) in [5.74, 6) is -0.362. The molecule has 1 spiro atoms. The van der Waals surface area contributed by atoms with Crippen molar-refractivity contribution < 1.29 is 23.4 Å². The average Bonchev–Trinajstić information content (AvgIpc) is 3.35. The minimum absolute atomic E-state index is 0.108. The summed E-state index contributed by atoms with van der Waals surface area (Å²) in [6.45, 7) is 5.38. The zero-order valence-electron chi connectivity index (χ0n) is 20.2. The van der Waals surface area contributed by atoms with Gasteiger partial charge in [0.1, 0.15) is 29.3 Å². The molecule has 188 valence electrons. The van der Waals surface area contributed by atoms with Gasteiger partial charge in [-0.05, 0) is 39.2 Å². The van der Waals surface area contributed by atoms with Gasteiger partial charge in [0, 0.05) is 18.0 Å². The maximum atomic E-state index is 15.4. The monoisotopic (exact) mass is 496 g/mol. The fourth-order valence-corrected chi connectivity index (χ4v) is 5.31. The van der Waals surface area contributed by atoms with Crippen molar-refractivity contribution in [1.29, 1.82) is 5.26 Å². The van der Waals surface area contributed by atoms with E-state index >= 15 is 4.39 Å². The number of amides is 1. The van der Waals surface area contributed by atoms with E-state index in [1.807, 2.05) is 6.07 Å². The molecule has 1 aliphatic carbocycles. The molecule has 3 heterocycles. The van der Waals surface area contributed by atoms with Crippen LogP contribution in [0.1, 0.15) is 51.3 Å². The van der Waals surface area contributed by atoms with E-state index < -0.39 is 34.7 Å². The Morgan fingerprint density at radius 2 is 2.08 bits per heavy atom. The maximum absolute atomic E-state index is 15.4. The molecule has 9 nitrogen and oxygen atoms in total. The normalized spacial score (nSPS) is 26.4. The van der Waals surface area contributed by atoms with Crippen LogP contribution in [0.4, 0.5) is 19.4 Å². The Morgan fingerprint density at radius 3 is 2.75 bits per heavy atom. The summed E-state index contributed by atoms with van der Waals surface area (Å²) in [5.41, 5.74) is -1.83. The molecule has 3 aromatic rings. The highest BCUT2D eigenvalue weighted by atomic mass is 19.1. The van der Waals surface area contributed by atoms with Gasteiger partial charge in [0.15, 0.2) is 5.82 Å². The molecule has 2 aromatic heterocycles. The SMILES string of the molecule is CC(C)(O)c1cnc(N2C[C@@]3(CC[C@@H](F)[C@](C)(Cn4cnc5cc(F)c(C#N)cc54)C3)OC2=O)cn1. The van der Waals surface area contributed by atoms with Crippen molar-refractivity contribution in [3.8, 4) is 6.07 Å². The van der Waals surface area contributed by atoms with Gasteiger partial charge in [0.25, 0.3) is 0 Å².